The molecular formula is C9H10O2S. The molecule has 0 aromatic carbocycles. The van der Waals surface area contributed by atoms with E-state index in [-0.39, 0.29) is 0 Å². The molecule has 0 amide bonds. The molecule has 0 spiro atoms. The highest BCUT2D eigenvalue weighted by Crippen LogP contribution is 2.18. The van der Waals surface area contributed by atoms with E-state index in [2.05, 4.69) is 6.58 Å². The van der Waals surface area contributed by atoms with Gasteiger partial charge in [0.15, 0.2) is 0 Å². The zero-order chi connectivity index (χ0) is 9.14. The highest BCUT2D eigenvalue weighted by Gasteiger charge is 2.05. The van der Waals surface area contributed by atoms with Crippen molar-refractivity contribution in [3.63, 3.8) is 0 Å². The number of thiophene rings is 1. The molecule has 0 unspecified atom stereocenters. The van der Waals surface area contributed by atoms with Crippen LogP contribution in [0, 0.1) is 0 Å². The number of rotatable bonds is 3. The molecule has 1 aromatic heterocycles. The fourth-order valence-electron chi connectivity index (χ4n) is 0.885. The molecule has 0 aliphatic carbocycles. The minimum atomic E-state index is -0.854. The van der Waals surface area contributed by atoms with Crippen LogP contribution in [-0.2, 0) is 6.42 Å². The van der Waals surface area contributed by atoms with Crippen LogP contribution in [-0.4, -0.2) is 11.1 Å². The fraction of sp³-hybridized carbons (Fsp3) is 0.222. The number of carboxylic acids is 1. The Labute approximate surface area is 75.2 Å². The van der Waals surface area contributed by atoms with Crippen molar-refractivity contribution in [2.75, 3.05) is 0 Å². The topological polar surface area (TPSA) is 37.3 Å². The maximum atomic E-state index is 10.5. The summed E-state index contributed by atoms with van der Waals surface area (Å²) in [6.07, 6.45) is 0.776. The van der Waals surface area contributed by atoms with Crippen molar-refractivity contribution in [1.82, 2.24) is 0 Å². The average molecular weight is 182 g/mol. The summed E-state index contributed by atoms with van der Waals surface area (Å²) in [4.78, 5) is 11.9. The van der Waals surface area contributed by atoms with Gasteiger partial charge in [-0.2, -0.15) is 0 Å². The Morgan fingerprint density at radius 3 is 2.75 bits per heavy atom. The molecule has 1 aromatic rings. The van der Waals surface area contributed by atoms with Gasteiger partial charge in [0.25, 0.3) is 0 Å². The van der Waals surface area contributed by atoms with Gasteiger partial charge >= 0.3 is 5.97 Å². The highest BCUT2D eigenvalue weighted by atomic mass is 32.1. The summed E-state index contributed by atoms with van der Waals surface area (Å²) in [6, 6.07) is 3.47. The third-order valence-electron chi connectivity index (χ3n) is 1.35. The number of allylic oxidation sites excluding steroid dienone is 1. The van der Waals surface area contributed by atoms with Crippen LogP contribution in [0.25, 0.3) is 0 Å². The summed E-state index contributed by atoms with van der Waals surface area (Å²) >= 11 is 1.31. The summed E-state index contributed by atoms with van der Waals surface area (Å²) in [5.74, 6) is -0.854. The van der Waals surface area contributed by atoms with Gasteiger partial charge in [-0.1, -0.05) is 12.2 Å². The van der Waals surface area contributed by atoms with Crippen molar-refractivity contribution in [3.8, 4) is 0 Å². The summed E-state index contributed by atoms with van der Waals surface area (Å²) in [7, 11) is 0. The van der Waals surface area contributed by atoms with Gasteiger partial charge in [-0.3, -0.25) is 0 Å². The van der Waals surface area contributed by atoms with E-state index >= 15 is 0 Å². The summed E-state index contributed by atoms with van der Waals surface area (Å²) in [5.41, 5.74) is 1.05. The molecule has 0 fully saturated rings. The largest absolute Gasteiger partial charge is 0.477 e. The van der Waals surface area contributed by atoms with Gasteiger partial charge in [-0.25, -0.2) is 4.79 Å². The maximum absolute atomic E-state index is 10.5. The molecule has 0 atom stereocenters. The van der Waals surface area contributed by atoms with E-state index < -0.39 is 5.97 Å². The molecule has 1 rings (SSSR count). The molecule has 1 heterocycles. The van der Waals surface area contributed by atoms with Gasteiger partial charge in [0.1, 0.15) is 4.88 Å². The van der Waals surface area contributed by atoms with E-state index in [1.165, 1.54) is 11.3 Å². The molecule has 0 aliphatic rings. The third-order valence-corrected chi connectivity index (χ3v) is 2.42. The second-order valence-electron chi connectivity index (χ2n) is 2.70. The molecule has 0 aliphatic heterocycles. The average Bonchev–Trinajstić information content (AvgIpc) is 2.34. The van der Waals surface area contributed by atoms with Crippen LogP contribution in [0.3, 0.4) is 0 Å². The zero-order valence-electron chi connectivity index (χ0n) is 6.83. The van der Waals surface area contributed by atoms with Gasteiger partial charge < -0.3 is 5.11 Å². The first-order valence-electron chi connectivity index (χ1n) is 3.56. The predicted molar refractivity (Wildman–Crippen MR) is 49.8 cm³/mol. The van der Waals surface area contributed by atoms with Gasteiger partial charge in [0.2, 0.25) is 0 Å². The zero-order valence-corrected chi connectivity index (χ0v) is 7.65. The van der Waals surface area contributed by atoms with Crippen LogP contribution in [0.2, 0.25) is 0 Å². The Kier molecular flexibility index (Phi) is 2.65. The first-order chi connectivity index (χ1) is 5.59. The number of hydrogen-bond acceptors (Lipinski definition) is 2. The molecule has 3 heteroatoms. The Morgan fingerprint density at radius 1 is 1.67 bits per heavy atom. The van der Waals surface area contributed by atoms with E-state index in [1.54, 1.807) is 6.07 Å². The van der Waals surface area contributed by atoms with Crippen molar-refractivity contribution in [1.29, 1.82) is 0 Å². The lowest BCUT2D eigenvalue weighted by Gasteiger charge is -1.92. The summed E-state index contributed by atoms with van der Waals surface area (Å²) < 4.78 is 0. The minimum Gasteiger partial charge on any atom is -0.477 e. The minimum absolute atomic E-state index is 0.395. The Hall–Kier alpha value is -1.09. The van der Waals surface area contributed by atoms with Crippen LogP contribution in [0.4, 0.5) is 0 Å². The Morgan fingerprint density at radius 2 is 2.33 bits per heavy atom. The first kappa shape index (κ1) is 9.00. The number of hydrogen-bond donors (Lipinski definition) is 1. The van der Waals surface area contributed by atoms with Crippen molar-refractivity contribution in [2.45, 2.75) is 13.3 Å². The van der Waals surface area contributed by atoms with Gasteiger partial charge in [-0.15, -0.1) is 11.3 Å². The molecule has 64 valence electrons. The van der Waals surface area contributed by atoms with Crippen LogP contribution < -0.4 is 0 Å². The van der Waals surface area contributed by atoms with Gasteiger partial charge in [0.05, 0.1) is 0 Å². The Balaban J connectivity index is 2.77. The van der Waals surface area contributed by atoms with E-state index in [0.717, 1.165) is 16.9 Å². The van der Waals surface area contributed by atoms with E-state index in [0.29, 0.717) is 4.88 Å². The predicted octanol–water partition coefficient (Wildman–Crippen LogP) is 2.56. The number of carboxylic acid groups (broad SMARTS) is 1. The molecule has 0 bridgehead atoms. The summed E-state index contributed by atoms with van der Waals surface area (Å²) in [6.45, 7) is 5.69. The molecule has 12 heavy (non-hydrogen) atoms. The lowest BCUT2D eigenvalue weighted by Crippen LogP contribution is -1.89. The quantitative estimate of drug-likeness (QED) is 0.729. The maximum Gasteiger partial charge on any atom is 0.345 e. The lowest BCUT2D eigenvalue weighted by molar-refractivity contribution is 0.0702. The standard InChI is InChI=1S/C9H10O2S/c1-6(2)5-7-3-4-8(12-7)9(10)11/h3-4H,1,5H2,2H3,(H,10,11). The third kappa shape index (κ3) is 2.20. The summed E-state index contributed by atoms with van der Waals surface area (Å²) in [5, 5.41) is 8.62. The molecule has 1 N–H and O–H groups in total. The van der Waals surface area contributed by atoms with Crippen molar-refractivity contribution >= 4 is 17.3 Å². The van der Waals surface area contributed by atoms with Crippen LogP contribution in [0.5, 0.6) is 0 Å². The highest BCUT2D eigenvalue weighted by molar-refractivity contribution is 7.13. The van der Waals surface area contributed by atoms with E-state index in [4.69, 9.17) is 5.11 Å². The molecule has 2 nitrogen and oxygen atoms in total. The normalized spacial score (nSPS) is 9.75. The van der Waals surface area contributed by atoms with E-state index in [1.807, 2.05) is 13.0 Å². The molecule has 0 saturated heterocycles. The van der Waals surface area contributed by atoms with Crippen LogP contribution in [0.1, 0.15) is 21.5 Å². The fourth-order valence-corrected chi connectivity index (χ4v) is 1.85. The van der Waals surface area contributed by atoms with Crippen LogP contribution >= 0.6 is 11.3 Å². The molecular weight excluding hydrogens is 172 g/mol. The number of carbonyl (C=O) groups is 1. The van der Waals surface area contributed by atoms with Crippen LogP contribution in [0.15, 0.2) is 24.3 Å². The monoisotopic (exact) mass is 182 g/mol. The second-order valence-corrected chi connectivity index (χ2v) is 3.87. The van der Waals surface area contributed by atoms with Gasteiger partial charge in [-0.05, 0) is 19.1 Å². The lowest BCUT2D eigenvalue weighted by atomic mass is 10.2. The first-order valence-corrected chi connectivity index (χ1v) is 4.37. The molecule has 0 saturated carbocycles. The smallest absolute Gasteiger partial charge is 0.345 e. The Bertz CT molecular complexity index is 312. The van der Waals surface area contributed by atoms with Gasteiger partial charge in [0, 0.05) is 11.3 Å². The van der Waals surface area contributed by atoms with Crippen molar-refractivity contribution in [3.05, 3.63) is 34.0 Å². The van der Waals surface area contributed by atoms with Crippen molar-refractivity contribution < 1.29 is 9.90 Å². The SMILES string of the molecule is C=C(C)Cc1ccc(C(=O)O)s1. The number of aromatic carboxylic acids is 1. The van der Waals surface area contributed by atoms with E-state index in [9.17, 15) is 4.79 Å². The second kappa shape index (κ2) is 3.54. The molecule has 0 radical (unpaired) electrons. The van der Waals surface area contributed by atoms with Crippen molar-refractivity contribution in [2.24, 2.45) is 0 Å².